The van der Waals surface area contributed by atoms with Crippen LogP contribution in [0.25, 0.3) is 27.0 Å². The van der Waals surface area contributed by atoms with E-state index in [1.165, 1.54) is 44.1 Å². The Balaban J connectivity index is 1.24. The molecule has 1 saturated heterocycles. The van der Waals surface area contributed by atoms with Gasteiger partial charge in [-0.15, -0.1) is 11.3 Å². The number of hydrogen-bond acceptors (Lipinski definition) is 7. The summed E-state index contributed by atoms with van der Waals surface area (Å²) in [6.07, 6.45) is 0. The zero-order chi connectivity index (χ0) is 31.9. The molecule has 0 spiro atoms. The van der Waals surface area contributed by atoms with E-state index in [1.54, 1.807) is 36.1 Å². The molecule has 3 heterocycles. The summed E-state index contributed by atoms with van der Waals surface area (Å²) < 4.78 is 43.3. The van der Waals surface area contributed by atoms with Crippen molar-refractivity contribution in [3.05, 3.63) is 105 Å². The number of carbonyl (C=O) groups excluding carboxylic acids is 1. The topological polar surface area (TPSA) is 92.6 Å². The van der Waals surface area contributed by atoms with Gasteiger partial charge < -0.3 is 4.90 Å². The molecule has 0 N–H and O–H groups in total. The summed E-state index contributed by atoms with van der Waals surface area (Å²) in [4.78, 5) is 35.7. The summed E-state index contributed by atoms with van der Waals surface area (Å²) in [6.45, 7) is 6.56. The molecule has 8 nitrogen and oxygen atoms in total. The highest BCUT2D eigenvalue weighted by atomic mass is 32.2. The van der Waals surface area contributed by atoms with E-state index in [1.807, 2.05) is 50.2 Å². The van der Waals surface area contributed by atoms with Gasteiger partial charge in [-0.25, -0.2) is 17.8 Å². The zero-order valence-electron chi connectivity index (χ0n) is 25.0. The van der Waals surface area contributed by atoms with E-state index in [0.717, 1.165) is 21.6 Å². The smallest absolute Gasteiger partial charge is 0.268 e. The normalized spacial score (nSPS) is 14.3. The Morgan fingerprint density at radius 3 is 2.31 bits per heavy atom. The van der Waals surface area contributed by atoms with Crippen LogP contribution in [-0.2, 0) is 14.8 Å². The van der Waals surface area contributed by atoms with Gasteiger partial charge in [-0.2, -0.15) is 4.31 Å². The molecule has 0 radical (unpaired) electrons. The second kappa shape index (κ2) is 12.5. The van der Waals surface area contributed by atoms with Gasteiger partial charge >= 0.3 is 0 Å². The summed E-state index contributed by atoms with van der Waals surface area (Å²) >= 11 is 2.56. The van der Waals surface area contributed by atoms with Crippen LogP contribution in [0.5, 0.6) is 0 Å². The highest BCUT2D eigenvalue weighted by Crippen LogP contribution is 2.37. The van der Waals surface area contributed by atoms with Crippen molar-refractivity contribution >= 4 is 49.2 Å². The van der Waals surface area contributed by atoms with Crippen LogP contribution < -0.4 is 5.56 Å². The molecule has 12 heteroatoms. The van der Waals surface area contributed by atoms with E-state index in [9.17, 15) is 22.4 Å². The molecule has 1 fully saturated rings. The van der Waals surface area contributed by atoms with Gasteiger partial charge in [0.15, 0.2) is 5.16 Å². The minimum Gasteiger partial charge on any atom is -0.339 e. The van der Waals surface area contributed by atoms with E-state index >= 15 is 0 Å². The predicted molar refractivity (Wildman–Crippen MR) is 177 cm³/mol. The monoisotopic (exact) mass is 662 g/mol. The number of thioether (sulfide) groups is 1. The average Bonchev–Trinajstić information content (AvgIpc) is 3.36. The molecule has 2 aromatic heterocycles. The van der Waals surface area contributed by atoms with Gasteiger partial charge in [-0.05, 0) is 62.2 Å². The van der Waals surface area contributed by atoms with Gasteiger partial charge in [0.25, 0.3) is 5.56 Å². The van der Waals surface area contributed by atoms with Gasteiger partial charge in [0.1, 0.15) is 10.6 Å². The molecule has 0 atom stereocenters. The Morgan fingerprint density at radius 2 is 1.64 bits per heavy atom. The number of amides is 1. The number of fused-ring (bicyclic) bond motifs is 1. The lowest BCUT2D eigenvalue weighted by Gasteiger charge is -2.34. The number of halogens is 1. The van der Waals surface area contributed by atoms with Crippen molar-refractivity contribution in [1.82, 2.24) is 18.8 Å². The van der Waals surface area contributed by atoms with E-state index in [0.29, 0.717) is 26.6 Å². The average molecular weight is 663 g/mol. The van der Waals surface area contributed by atoms with Gasteiger partial charge in [-0.3, -0.25) is 14.2 Å². The fourth-order valence-electron chi connectivity index (χ4n) is 5.63. The number of piperazine rings is 1. The lowest BCUT2D eigenvalue weighted by atomic mass is 10.0. The van der Waals surface area contributed by atoms with Crippen molar-refractivity contribution in [2.45, 2.75) is 30.8 Å². The van der Waals surface area contributed by atoms with E-state index in [4.69, 9.17) is 4.98 Å². The second-order valence-corrected chi connectivity index (χ2v) is 15.0. The molecule has 6 rings (SSSR count). The second-order valence-electron chi connectivity index (χ2n) is 10.9. The lowest BCUT2D eigenvalue weighted by molar-refractivity contribution is -0.129. The number of nitrogens with zero attached hydrogens (tertiary/aromatic N) is 4. The highest BCUT2D eigenvalue weighted by molar-refractivity contribution is 7.99. The molecule has 0 saturated carbocycles. The molecule has 0 bridgehead atoms. The third-order valence-corrected chi connectivity index (χ3v) is 11.9. The van der Waals surface area contributed by atoms with Crippen molar-refractivity contribution in [3.63, 3.8) is 0 Å². The fraction of sp³-hybridized carbons (Fsp3) is 0.242. The number of aryl methyl sites for hydroxylation is 3. The number of rotatable bonds is 7. The first kappa shape index (κ1) is 31.2. The number of aromatic nitrogens is 2. The molecule has 5 aromatic rings. The van der Waals surface area contributed by atoms with Crippen molar-refractivity contribution in [2.24, 2.45) is 0 Å². The molecule has 45 heavy (non-hydrogen) atoms. The standard InChI is InChI=1S/C33H31FN4O4S3/c1-21-9-14-27(22(2)19-21)45(41,42)37-17-15-36(16-18-37)28(39)20-43-33-35-31-30(32(40)38(33)26-7-5-4-6-8-26)29(23(3)44-31)24-10-12-25(34)13-11-24/h4-14,19H,15-18,20H2,1-3H3. The predicted octanol–water partition coefficient (Wildman–Crippen LogP) is 5.80. The van der Waals surface area contributed by atoms with Gasteiger partial charge in [0.2, 0.25) is 15.9 Å². The van der Waals surface area contributed by atoms with Gasteiger partial charge in [0.05, 0.1) is 21.7 Å². The Morgan fingerprint density at radius 1 is 0.956 bits per heavy atom. The van der Waals surface area contributed by atoms with Crippen molar-refractivity contribution in [3.8, 4) is 16.8 Å². The Bertz CT molecular complexity index is 2070. The molecule has 1 amide bonds. The maximum absolute atomic E-state index is 14.1. The zero-order valence-corrected chi connectivity index (χ0v) is 27.4. The van der Waals surface area contributed by atoms with Crippen LogP contribution in [0.1, 0.15) is 16.0 Å². The summed E-state index contributed by atoms with van der Waals surface area (Å²) in [5.41, 5.74) is 3.49. The summed E-state index contributed by atoms with van der Waals surface area (Å²) in [7, 11) is -3.67. The molecule has 232 valence electrons. The number of benzene rings is 3. The van der Waals surface area contributed by atoms with Crippen LogP contribution >= 0.6 is 23.1 Å². The largest absolute Gasteiger partial charge is 0.339 e. The van der Waals surface area contributed by atoms with E-state index in [2.05, 4.69) is 0 Å². The first-order chi connectivity index (χ1) is 21.5. The first-order valence-corrected chi connectivity index (χ1v) is 17.6. The number of sulfonamides is 1. The van der Waals surface area contributed by atoms with Crippen LogP contribution in [-0.4, -0.2) is 65.0 Å². The molecule has 1 aliphatic rings. The Kier molecular flexibility index (Phi) is 8.66. The Labute approximate surface area is 269 Å². The van der Waals surface area contributed by atoms with E-state index in [-0.39, 0.29) is 54.1 Å². The number of hydrogen-bond donors (Lipinski definition) is 0. The van der Waals surface area contributed by atoms with Crippen LogP contribution in [0.2, 0.25) is 0 Å². The minimum atomic E-state index is -3.67. The Hall–Kier alpha value is -3.84. The quantitative estimate of drug-likeness (QED) is 0.162. The third-order valence-electron chi connectivity index (χ3n) is 7.88. The van der Waals surface area contributed by atoms with Crippen LogP contribution in [0, 0.1) is 26.6 Å². The van der Waals surface area contributed by atoms with Crippen molar-refractivity contribution < 1.29 is 17.6 Å². The van der Waals surface area contributed by atoms with Crippen LogP contribution in [0.3, 0.4) is 0 Å². The number of thiophene rings is 1. The minimum absolute atomic E-state index is 0.0315. The molecule has 3 aromatic carbocycles. The number of para-hydroxylation sites is 1. The molecule has 0 aliphatic carbocycles. The molecule has 1 aliphatic heterocycles. The highest BCUT2D eigenvalue weighted by Gasteiger charge is 2.31. The van der Waals surface area contributed by atoms with Crippen LogP contribution in [0.4, 0.5) is 4.39 Å². The molecular weight excluding hydrogens is 632 g/mol. The SMILES string of the molecule is Cc1ccc(S(=O)(=O)N2CCN(C(=O)CSc3nc4sc(C)c(-c5ccc(F)cc5)c4c(=O)n3-c3ccccc3)CC2)c(C)c1. The first-order valence-electron chi connectivity index (χ1n) is 14.4. The lowest BCUT2D eigenvalue weighted by Crippen LogP contribution is -2.51. The van der Waals surface area contributed by atoms with E-state index < -0.39 is 10.0 Å². The maximum atomic E-state index is 14.1. The maximum Gasteiger partial charge on any atom is 0.268 e. The van der Waals surface area contributed by atoms with Gasteiger partial charge in [0, 0.05) is 36.6 Å². The summed E-state index contributed by atoms with van der Waals surface area (Å²) in [6, 6.07) is 20.5. The van der Waals surface area contributed by atoms with Gasteiger partial charge in [-0.1, -0.05) is 59.8 Å². The van der Waals surface area contributed by atoms with Crippen molar-refractivity contribution in [1.29, 1.82) is 0 Å². The number of carbonyl (C=O) groups is 1. The van der Waals surface area contributed by atoms with Crippen molar-refractivity contribution in [2.75, 3.05) is 31.9 Å². The summed E-state index contributed by atoms with van der Waals surface area (Å²) in [5, 5.41) is 0.833. The van der Waals surface area contributed by atoms with Crippen LogP contribution in [0.15, 0.2) is 87.6 Å². The summed E-state index contributed by atoms with van der Waals surface area (Å²) in [5.74, 6) is -0.487. The molecular formula is C33H31FN4O4S3. The fourth-order valence-corrected chi connectivity index (χ4v) is 9.26. The third kappa shape index (κ3) is 6.07. The molecule has 0 unspecified atom stereocenters.